The molecule has 0 aromatic heterocycles. The molecule has 0 amide bonds. The molecule has 0 radical (unpaired) electrons. The molecule has 66 valence electrons. The largest absolute Gasteiger partial charge is 1.00 e. The van der Waals surface area contributed by atoms with Crippen LogP contribution in [0.15, 0.2) is 28.7 Å². The Balaban J connectivity index is 0.00000121. The number of rotatable bonds is 2. The van der Waals surface area contributed by atoms with E-state index in [0.29, 0.717) is 6.54 Å². The molecule has 0 saturated carbocycles. The molecule has 0 saturated heterocycles. The van der Waals surface area contributed by atoms with E-state index in [-0.39, 0.29) is 18.2 Å². The summed E-state index contributed by atoms with van der Waals surface area (Å²) in [5, 5.41) is 0. The van der Waals surface area contributed by atoms with E-state index in [1.54, 1.807) is 12.1 Å². The summed E-state index contributed by atoms with van der Waals surface area (Å²) >= 11 is 3.29. The summed E-state index contributed by atoms with van der Waals surface area (Å²) in [4.78, 5) is 11.0. The Kier molecular flexibility index (Phi) is 5.13. The first-order chi connectivity index (χ1) is 5.24. The fraction of sp³-hybridized carbons (Fsp3) is 0.125. The number of hydrogen-bond acceptors (Lipinski definition) is 1. The third kappa shape index (κ3) is 2.93. The van der Waals surface area contributed by atoms with Crippen molar-refractivity contribution in [2.45, 2.75) is 0 Å². The third-order valence-electron chi connectivity index (χ3n) is 1.39. The number of hydrogen-bond donors (Lipinski definition) is 1. The van der Waals surface area contributed by atoms with Gasteiger partial charge in [-0.1, -0.05) is 28.1 Å². The lowest BCUT2D eigenvalue weighted by Gasteiger charge is -1.94. The van der Waals surface area contributed by atoms with Crippen LogP contribution in [0.1, 0.15) is 10.4 Å². The maximum absolute atomic E-state index is 11.0. The first-order valence-electron chi connectivity index (χ1n) is 3.32. The maximum Gasteiger partial charge on any atom is 0.216 e. The first kappa shape index (κ1) is 11.6. The Hall–Kier alpha value is -0.380. The molecule has 3 N–H and O–H groups in total. The molecule has 0 atom stereocenters. The molecule has 0 aliphatic rings. The van der Waals surface area contributed by atoms with Crippen molar-refractivity contribution in [2.75, 3.05) is 6.54 Å². The zero-order chi connectivity index (χ0) is 8.27. The monoisotopic (exact) mass is 249 g/mol. The number of ketones is 1. The summed E-state index contributed by atoms with van der Waals surface area (Å²) in [6, 6.07) is 7.28. The fourth-order valence-electron chi connectivity index (χ4n) is 0.780. The van der Waals surface area contributed by atoms with E-state index in [0.717, 1.165) is 10.0 Å². The normalized spacial score (nSPS) is 8.83. The predicted molar refractivity (Wildman–Crippen MR) is 46.2 cm³/mol. The minimum atomic E-state index is 0. The Bertz CT molecular complexity index is 260. The molecule has 0 spiro atoms. The van der Waals surface area contributed by atoms with Crippen molar-refractivity contribution in [1.82, 2.24) is 0 Å². The zero-order valence-corrected chi connectivity index (χ0v) is 8.73. The van der Waals surface area contributed by atoms with Crippen LogP contribution in [-0.2, 0) is 0 Å². The lowest BCUT2D eigenvalue weighted by Crippen LogP contribution is -3.00. The second-order valence-electron chi connectivity index (χ2n) is 2.18. The summed E-state index contributed by atoms with van der Waals surface area (Å²) in [6.45, 7) is 0.321. The van der Waals surface area contributed by atoms with Crippen LogP contribution in [0.5, 0.6) is 0 Å². The summed E-state index contributed by atoms with van der Waals surface area (Å²) in [5.74, 6) is 0.0810. The van der Waals surface area contributed by atoms with Crippen LogP contribution in [0, 0.1) is 0 Å². The number of benzene rings is 1. The van der Waals surface area contributed by atoms with Crippen LogP contribution in [-0.4, -0.2) is 12.3 Å². The number of quaternary nitrogens is 1. The van der Waals surface area contributed by atoms with E-state index in [1.165, 1.54) is 0 Å². The van der Waals surface area contributed by atoms with Crippen molar-refractivity contribution in [2.24, 2.45) is 0 Å². The van der Waals surface area contributed by atoms with Gasteiger partial charge in [0.05, 0.1) is 0 Å². The second-order valence-corrected chi connectivity index (χ2v) is 3.10. The molecule has 0 fully saturated rings. The van der Waals surface area contributed by atoms with E-state index in [1.807, 2.05) is 12.1 Å². The van der Waals surface area contributed by atoms with Gasteiger partial charge in [0, 0.05) is 10.0 Å². The van der Waals surface area contributed by atoms with Gasteiger partial charge in [-0.2, -0.15) is 0 Å². The number of carbonyl (C=O) groups is 1. The summed E-state index contributed by atoms with van der Waals surface area (Å²) in [5.41, 5.74) is 4.25. The minimum Gasteiger partial charge on any atom is -1.00 e. The average molecular weight is 251 g/mol. The minimum absolute atomic E-state index is 0. The SMILES string of the molecule is [Cl-].[NH3+]CC(=O)c1ccc(Br)cc1. The highest BCUT2D eigenvalue weighted by Gasteiger charge is 2.02. The van der Waals surface area contributed by atoms with Crippen molar-refractivity contribution >= 4 is 21.7 Å². The van der Waals surface area contributed by atoms with Crippen LogP contribution in [0.2, 0.25) is 0 Å². The van der Waals surface area contributed by atoms with Gasteiger partial charge in [0.25, 0.3) is 0 Å². The van der Waals surface area contributed by atoms with Crippen molar-refractivity contribution < 1.29 is 22.9 Å². The summed E-state index contributed by atoms with van der Waals surface area (Å²) in [6.07, 6.45) is 0. The molecule has 0 heterocycles. The molecule has 12 heavy (non-hydrogen) atoms. The van der Waals surface area contributed by atoms with Crippen molar-refractivity contribution in [1.29, 1.82) is 0 Å². The van der Waals surface area contributed by atoms with Crippen LogP contribution in [0.25, 0.3) is 0 Å². The lowest BCUT2D eigenvalue weighted by molar-refractivity contribution is -0.349. The molecular formula is C8H9BrClNO. The quantitative estimate of drug-likeness (QED) is 0.599. The molecule has 2 nitrogen and oxygen atoms in total. The molecule has 4 heteroatoms. The molecule has 0 unspecified atom stereocenters. The first-order valence-corrected chi connectivity index (χ1v) is 4.11. The van der Waals surface area contributed by atoms with E-state index in [4.69, 9.17) is 0 Å². The second kappa shape index (κ2) is 5.30. The van der Waals surface area contributed by atoms with Crippen molar-refractivity contribution in [3.63, 3.8) is 0 Å². The molecule has 0 aliphatic heterocycles. The van der Waals surface area contributed by atoms with Gasteiger partial charge < -0.3 is 18.1 Å². The van der Waals surface area contributed by atoms with Crippen molar-refractivity contribution in [3.05, 3.63) is 34.3 Å². The Morgan fingerprint density at radius 3 is 2.25 bits per heavy atom. The van der Waals surface area contributed by atoms with Gasteiger partial charge in [0.1, 0.15) is 6.54 Å². The van der Waals surface area contributed by atoms with Gasteiger partial charge in [0.15, 0.2) is 0 Å². The van der Waals surface area contributed by atoms with E-state index >= 15 is 0 Å². The topological polar surface area (TPSA) is 44.7 Å². The van der Waals surface area contributed by atoms with E-state index < -0.39 is 0 Å². The maximum atomic E-state index is 11.0. The van der Waals surface area contributed by atoms with Crippen LogP contribution in [0.4, 0.5) is 0 Å². The Morgan fingerprint density at radius 1 is 1.33 bits per heavy atom. The highest BCUT2D eigenvalue weighted by atomic mass is 79.9. The van der Waals surface area contributed by atoms with Crippen LogP contribution in [0.3, 0.4) is 0 Å². The van der Waals surface area contributed by atoms with Gasteiger partial charge in [-0.05, 0) is 12.1 Å². The molecule has 1 rings (SSSR count). The van der Waals surface area contributed by atoms with Crippen LogP contribution < -0.4 is 18.1 Å². The number of Topliss-reactive ketones (excluding diaryl/α,β-unsaturated/α-hetero) is 1. The van der Waals surface area contributed by atoms with Gasteiger partial charge in [0.2, 0.25) is 5.78 Å². The smallest absolute Gasteiger partial charge is 0.216 e. The predicted octanol–water partition coefficient (Wildman–Crippen LogP) is -2.12. The molecule has 0 aliphatic carbocycles. The highest BCUT2D eigenvalue weighted by molar-refractivity contribution is 9.10. The summed E-state index contributed by atoms with van der Waals surface area (Å²) in [7, 11) is 0. The standard InChI is InChI=1S/C8H8BrNO.ClH/c9-7-3-1-6(2-4-7)8(11)5-10;/h1-4H,5,10H2;1H. The van der Waals surface area contributed by atoms with Gasteiger partial charge in [-0.15, -0.1) is 0 Å². The van der Waals surface area contributed by atoms with Crippen LogP contribution >= 0.6 is 15.9 Å². The van der Waals surface area contributed by atoms with Gasteiger partial charge in [-0.25, -0.2) is 0 Å². The average Bonchev–Trinajstić information content (AvgIpc) is 2.05. The van der Waals surface area contributed by atoms with Gasteiger partial charge in [-0.3, -0.25) is 4.79 Å². The fourth-order valence-corrected chi connectivity index (χ4v) is 1.04. The van der Waals surface area contributed by atoms with Crippen molar-refractivity contribution in [3.8, 4) is 0 Å². The van der Waals surface area contributed by atoms with Gasteiger partial charge >= 0.3 is 0 Å². The molecule has 1 aromatic carbocycles. The zero-order valence-electron chi connectivity index (χ0n) is 6.39. The third-order valence-corrected chi connectivity index (χ3v) is 1.92. The number of halogens is 2. The van der Waals surface area contributed by atoms with E-state index in [9.17, 15) is 4.79 Å². The Labute approximate surface area is 85.7 Å². The summed E-state index contributed by atoms with van der Waals surface area (Å²) < 4.78 is 0.984. The molecule has 0 bridgehead atoms. The highest BCUT2D eigenvalue weighted by Crippen LogP contribution is 2.10. The molecule has 1 aromatic rings. The molecular weight excluding hydrogens is 241 g/mol. The van der Waals surface area contributed by atoms with E-state index in [2.05, 4.69) is 21.7 Å². The lowest BCUT2D eigenvalue weighted by atomic mass is 10.1. The Morgan fingerprint density at radius 2 is 1.83 bits per heavy atom. The number of carbonyl (C=O) groups excluding carboxylic acids is 1.